The molecule has 1 fully saturated rings. The molecule has 0 N–H and O–H groups in total. The Balaban J connectivity index is 2.30. The highest BCUT2D eigenvalue weighted by Gasteiger charge is 2.44. The van der Waals surface area contributed by atoms with Crippen molar-refractivity contribution in [2.45, 2.75) is 19.8 Å². The number of hydrogen-bond acceptors (Lipinski definition) is 0. The van der Waals surface area contributed by atoms with Crippen molar-refractivity contribution in [1.29, 1.82) is 0 Å². The summed E-state index contributed by atoms with van der Waals surface area (Å²) in [5, 5.41) is 0. The van der Waals surface area contributed by atoms with Crippen molar-refractivity contribution in [1.82, 2.24) is 0 Å². The second-order valence-electron chi connectivity index (χ2n) is 3.01. The van der Waals surface area contributed by atoms with Crippen molar-refractivity contribution in [2.75, 3.05) is 0 Å². The van der Waals surface area contributed by atoms with Gasteiger partial charge in [-0.1, -0.05) is 19.1 Å². The van der Waals surface area contributed by atoms with Crippen molar-refractivity contribution >= 4 is 0 Å². The second kappa shape index (κ2) is 0.795. The molecular formula is C7H10. The van der Waals surface area contributed by atoms with Gasteiger partial charge in [-0.3, -0.25) is 0 Å². The summed E-state index contributed by atoms with van der Waals surface area (Å²) in [6, 6.07) is 0. The van der Waals surface area contributed by atoms with E-state index >= 15 is 0 Å². The van der Waals surface area contributed by atoms with Gasteiger partial charge in [0.15, 0.2) is 0 Å². The van der Waals surface area contributed by atoms with E-state index < -0.39 is 0 Å². The maximum Gasteiger partial charge on any atom is -0.00835 e. The predicted molar refractivity (Wildman–Crippen MR) is 30.0 cm³/mol. The van der Waals surface area contributed by atoms with Gasteiger partial charge in [0.2, 0.25) is 0 Å². The Kier molecular flexibility index (Phi) is 0.421. The van der Waals surface area contributed by atoms with Crippen LogP contribution in [0.5, 0.6) is 0 Å². The molecule has 2 aliphatic carbocycles. The molecule has 2 rings (SSSR count). The largest absolute Gasteiger partial charge is 0.0840 e. The molecule has 0 heteroatoms. The molecule has 0 amide bonds. The van der Waals surface area contributed by atoms with E-state index in [1.165, 1.54) is 12.8 Å². The van der Waals surface area contributed by atoms with Crippen LogP contribution < -0.4 is 0 Å². The normalized spacial score (nSPS) is 54.7. The third kappa shape index (κ3) is 0.255. The average molecular weight is 94.2 g/mol. The van der Waals surface area contributed by atoms with Gasteiger partial charge in [0.25, 0.3) is 0 Å². The SMILES string of the molecule is CC12C=CC1CC2. The smallest absolute Gasteiger partial charge is 0.00835 e. The standard InChI is InChI=1S/C7H10/c1-7-4-2-6(7)3-5-7/h2,4,6H,3,5H2,1H3. The Morgan fingerprint density at radius 1 is 1.71 bits per heavy atom. The molecule has 0 aromatic heterocycles. The maximum absolute atomic E-state index is 2.35. The van der Waals surface area contributed by atoms with E-state index in [-0.39, 0.29) is 0 Å². The number of allylic oxidation sites excluding steroid dienone is 2. The molecular weight excluding hydrogens is 84.1 g/mol. The lowest BCUT2D eigenvalue weighted by Gasteiger charge is -2.50. The van der Waals surface area contributed by atoms with Crippen LogP contribution in [0.3, 0.4) is 0 Å². The minimum atomic E-state index is 0.681. The van der Waals surface area contributed by atoms with Gasteiger partial charge in [-0.15, -0.1) is 0 Å². The van der Waals surface area contributed by atoms with Crippen molar-refractivity contribution < 1.29 is 0 Å². The molecule has 0 aromatic carbocycles. The number of hydrogen-bond donors (Lipinski definition) is 0. The van der Waals surface area contributed by atoms with Gasteiger partial charge in [0.05, 0.1) is 0 Å². The molecule has 0 heterocycles. The van der Waals surface area contributed by atoms with E-state index in [1.807, 2.05) is 0 Å². The zero-order valence-electron chi connectivity index (χ0n) is 4.65. The van der Waals surface area contributed by atoms with E-state index in [1.54, 1.807) is 0 Å². The summed E-state index contributed by atoms with van der Waals surface area (Å²) in [7, 11) is 0. The highest BCUT2D eigenvalue weighted by molar-refractivity contribution is 5.22. The van der Waals surface area contributed by atoms with Crippen LogP contribution in [0.25, 0.3) is 0 Å². The van der Waals surface area contributed by atoms with Crippen LogP contribution in [0.4, 0.5) is 0 Å². The summed E-state index contributed by atoms with van der Waals surface area (Å²) in [6.45, 7) is 2.35. The monoisotopic (exact) mass is 94.1 g/mol. The molecule has 0 nitrogen and oxygen atoms in total. The Labute approximate surface area is 44.2 Å². The molecule has 2 atom stereocenters. The summed E-state index contributed by atoms with van der Waals surface area (Å²) >= 11 is 0. The van der Waals surface area contributed by atoms with Crippen LogP contribution >= 0.6 is 0 Å². The fraction of sp³-hybridized carbons (Fsp3) is 0.714. The Hall–Kier alpha value is -0.260. The lowest BCUT2D eigenvalue weighted by molar-refractivity contribution is 0.116. The predicted octanol–water partition coefficient (Wildman–Crippen LogP) is 1.97. The number of fused-ring (bicyclic) bond motifs is 1. The van der Waals surface area contributed by atoms with Crippen LogP contribution in [0, 0.1) is 11.3 Å². The highest BCUT2D eigenvalue weighted by Crippen LogP contribution is 2.54. The highest BCUT2D eigenvalue weighted by atomic mass is 14.5. The first-order valence-electron chi connectivity index (χ1n) is 3.01. The molecule has 2 unspecified atom stereocenters. The Bertz CT molecular complexity index is 124. The molecule has 0 bridgehead atoms. The summed E-state index contributed by atoms with van der Waals surface area (Å²) < 4.78 is 0. The van der Waals surface area contributed by atoms with Crippen LogP contribution in [0.15, 0.2) is 12.2 Å². The molecule has 0 aromatic rings. The quantitative estimate of drug-likeness (QED) is 0.402. The molecule has 0 spiro atoms. The van der Waals surface area contributed by atoms with Gasteiger partial charge in [-0.25, -0.2) is 0 Å². The third-order valence-corrected chi connectivity index (χ3v) is 2.55. The molecule has 38 valence electrons. The fourth-order valence-electron chi connectivity index (χ4n) is 1.51. The Morgan fingerprint density at radius 3 is 2.43 bits per heavy atom. The van der Waals surface area contributed by atoms with E-state index in [4.69, 9.17) is 0 Å². The Morgan fingerprint density at radius 2 is 2.43 bits per heavy atom. The van der Waals surface area contributed by atoms with Crippen molar-refractivity contribution in [3.8, 4) is 0 Å². The fourth-order valence-corrected chi connectivity index (χ4v) is 1.51. The minimum Gasteiger partial charge on any atom is -0.0840 e. The summed E-state index contributed by atoms with van der Waals surface area (Å²) in [6.07, 6.45) is 7.58. The lowest BCUT2D eigenvalue weighted by Crippen LogP contribution is -2.40. The van der Waals surface area contributed by atoms with Gasteiger partial charge in [0, 0.05) is 0 Å². The van der Waals surface area contributed by atoms with Crippen LogP contribution in [-0.2, 0) is 0 Å². The van der Waals surface area contributed by atoms with Crippen LogP contribution in [0.2, 0.25) is 0 Å². The van der Waals surface area contributed by atoms with Crippen LogP contribution in [-0.4, -0.2) is 0 Å². The first-order valence-corrected chi connectivity index (χ1v) is 3.01. The molecule has 0 radical (unpaired) electrons. The second-order valence-corrected chi connectivity index (χ2v) is 3.01. The molecule has 0 saturated heterocycles. The average Bonchev–Trinajstić information content (AvgIpc) is 1.67. The topological polar surface area (TPSA) is 0 Å². The van der Waals surface area contributed by atoms with E-state index in [9.17, 15) is 0 Å². The first kappa shape index (κ1) is 3.71. The molecule has 2 aliphatic rings. The van der Waals surface area contributed by atoms with Crippen molar-refractivity contribution in [3.05, 3.63) is 12.2 Å². The molecule has 7 heavy (non-hydrogen) atoms. The zero-order chi connectivity index (χ0) is 4.91. The van der Waals surface area contributed by atoms with Crippen molar-refractivity contribution in [3.63, 3.8) is 0 Å². The van der Waals surface area contributed by atoms with Gasteiger partial charge in [-0.05, 0) is 24.2 Å². The lowest BCUT2D eigenvalue weighted by atomic mass is 9.55. The van der Waals surface area contributed by atoms with Gasteiger partial charge in [-0.2, -0.15) is 0 Å². The molecule has 1 saturated carbocycles. The van der Waals surface area contributed by atoms with Gasteiger partial charge < -0.3 is 0 Å². The van der Waals surface area contributed by atoms with Crippen molar-refractivity contribution in [2.24, 2.45) is 11.3 Å². The summed E-state index contributed by atoms with van der Waals surface area (Å²) in [4.78, 5) is 0. The van der Waals surface area contributed by atoms with Crippen LogP contribution in [0.1, 0.15) is 19.8 Å². The maximum atomic E-state index is 2.35. The minimum absolute atomic E-state index is 0.681. The zero-order valence-corrected chi connectivity index (χ0v) is 4.65. The summed E-state index contributed by atoms with van der Waals surface area (Å²) in [5.41, 5.74) is 0.681. The molecule has 0 aliphatic heterocycles. The van der Waals surface area contributed by atoms with Gasteiger partial charge in [0.1, 0.15) is 0 Å². The first-order chi connectivity index (χ1) is 3.31. The summed E-state index contributed by atoms with van der Waals surface area (Å²) in [5.74, 6) is 0.979. The van der Waals surface area contributed by atoms with E-state index in [0.29, 0.717) is 5.41 Å². The van der Waals surface area contributed by atoms with E-state index in [0.717, 1.165) is 5.92 Å². The number of rotatable bonds is 0. The van der Waals surface area contributed by atoms with Gasteiger partial charge >= 0.3 is 0 Å². The third-order valence-electron chi connectivity index (χ3n) is 2.55. The van der Waals surface area contributed by atoms with E-state index in [2.05, 4.69) is 19.1 Å².